The zero-order chi connectivity index (χ0) is 21.2. The van der Waals surface area contributed by atoms with E-state index in [1.807, 2.05) is 6.92 Å². The van der Waals surface area contributed by atoms with Crippen LogP contribution in [-0.2, 0) is 11.3 Å². The zero-order valence-corrected chi connectivity index (χ0v) is 21.1. The molecule has 1 aromatic carbocycles. The van der Waals surface area contributed by atoms with Crippen LogP contribution in [0.2, 0.25) is 0 Å². The summed E-state index contributed by atoms with van der Waals surface area (Å²) < 4.78 is 5.04. The zero-order valence-electron chi connectivity index (χ0n) is 18.8. The number of piperidine rings is 1. The van der Waals surface area contributed by atoms with E-state index in [4.69, 9.17) is 9.73 Å². The first kappa shape index (κ1) is 25.7. The van der Waals surface area contributed by atoms with Gasteiger partial charge in [-0.1, -0.05) is 30.3 Å². The summed E-state index contributed by atoms with van der Waals surface area (Å²) in [4.78, 5) is 19.1. The van der Waals surface area contributed by atoms with Crippen molar-refractivity contribution in [3.05, 3.63) is 35.9 Å². The van der Waals surface area contributed by atoms with Gasteiger partial charge in [0.1, 0.15) is 0 Å². The molecule has 3 N–H and O–H groups in total. The number of likely N-dealkylation sites (tertiary alicyclic amines) is 1. The molecule has 1 heterocycles. The molecule has 31 heavy (non-hydrogen) atoms. The number of carbonyl (C=O) groups is 1. The Morgan fingerprint density at radius 1 is 1.16 bits per heavy atom. The number of hydrogen-bond donors (Lipinski definition) is 3. The molecular formula is C23H38IN5O2. The quantitative estimate of drug-likeness (QED) is 0.253. The Hall–Kier alpha value is -1.55. The lowest BCUT2D eigenvalue weighted by Gasteiger charge is -2.33. The van der Waals surface area contributed by atoms with Crippen LogP contribution < -0.4 is 16.0 Å². The SMILES string of the molecule is CCNC(=NCC(NC(=O)OCC)C1CC1)NC1CCN(Cc2ccccc2)CC1.I. The van der Waals surface area contributed by atoms with Crippen LogP contribution in [0.4, 0.5) is 4.79 Å². The molecule has 174 valence electrons. The number of halogens is 1. The number of hydrogen-bond acceptors (Lipinski definition) is 4. The molecule has 0 radical (unpaired) electrons. The Balaban J connectivity index is 0.00000341. The van der Waals surface area contributed by atoms with E-state index in [0.29, 0.717) is 25.1 Å². The third kappa shape index (κ3) is 9.22. The number of alkyl carbamates (subject to hydrolysis) is 1. The summed E-state index contributed by atoms with van der Waals surface area (Å²) in [5, 5.41) is 9.94. The van der Waals surface area contributed by atoms with Crippen LogP contribution in [0.15, 0.2) is 35.3 Å². The van der Waals surface area contributed by atoms with Crippen LogP contribution in [0.25, 0.3) is 0 Å². The normalized spacial score (nSPS) is 18.6. The molecule has 1 saturated carbocycles. The van der Waals surface area contributed by atoms with E-state index >= 15 is 0 Å². The van der Waals surface area contributed by atoms with Gasteiger partial charge in [0.25, 0.3) is 0 Å². The predicted octanol–water partition coefficient (Wildman–Crippen LogP) is 3.35. The average Bonchev–Trinajstić information content (AvgIpc) is 3.59. The lowest BCUT2D eigenvalue weighted by atomic mass is 10.0. The summed E-state index contributed by atoms with van der Waals surface area (Å²) in [6, 6.07) is 11.1. The monoisotopic (exact) mass is 543 g/mol. The van der Waals surface area contributed by atoms with Gasteiger partial charge in [-0.3, -0.25) is 9.89 Å². The van der Waals surface area contributed by atoms with Crippen LogP contribution in [-0.4, -0.2) is 61.8 Å². The molecule has 2 fully saturated rings. The van der Waals surface area contributed by atoms with E-state index in [2.05, 4.69) is 58.1 Å². The van der Waals surface area contributed by atoms with E-state index in [1.54, 1.807) is 0 Å². The van der Waals surface area contributed by atoms with E-state index in [1.165, 1.54) is 5.56 Å². The van der Waals surface area contributed by atoms with Crippen LogP contribution in [0.5, 0.6) is 0 Å². The summed E-state index contributed by atoms with van der Waals surface area (Å²) in [5.74, 6) is 1.36. The summed E-state index contributed by atoms with van der Waals surface area (Å²) in [7, 11) is 0. The molecule has 1 aliphatic heterocycles. The summed E-state index contributed by atoms with van der Waals surface area (Å²) in [6.45, 7) is 8.87. The fourth-order valence-corrected chi connectivity index (χ4v) is 3.92. The van der Waals surface area contributed by atoms with Crippen molar-refractivity contribution >= 4 is 36.0 Å². The highest BCUT2D eigenvalue weighted by atomic mass is 127. The van der Waals surface area contributed by atoms with Gasteiger partial charge in [-0.05, 0) is 51.0 Å². The predicted molar refractivity (Wildman–Crippen MR) is 136 cm³/mol. The molecule has 0 aromatic heterocycles. The molecule has 8 heteroatoms. The number of benzene rings is 1. The molecule has 1 aromatic rings. The van der Waals surface area contributed by atoms with Gasteiger partial charge in [-0.25, -0.2) is 4.79 Å². The lowest BCUT2D eigenvalue weighted by molar-refractivity contribution is 0.147. The molecule has 1 aliphatic carbocycles. The van der Waals surface area contributed by atoms with Crippen LogP contribution in [0, 0.1) is 5.92 Å². The number of amides is 1. The van der Waals surface area contributed by atoms with Crippen LogP contribution >= 0.6 is 24.0 Å². The third-order valence-electron chi connectivity index (χ3n) is 5.74. The van der Waals surface area contributed by atoms with Crippen molar-refractivity contribution in [3.63, 3.8) is 0 Å². The summed E-state index contributed by atoms with van der Waals surface area (Å²) in [5.41, 5.74) is 1.37. The van der Waals surface area contributed by atoms with Crippen molar-refractivity contribution in [1.82, 2.24) is 20.9 Å². The lowest BCUT2D eigenvalue weighted by Crippen LogP contribution is -2.49. The van der Waals surface area contributed by atoms with Gasteiger partial charge in [0.15, 0.2) is 5.96 Å². The first-order valence-corrected chi connectivity index (χ1v) is 11.4. The number of carbonyl (C=O) groups excluding carboxylic acids is 1. The van der Waals surface area contributed by atoms with Gasteiger partial charge >= 0.3 is 6.09 Å². The van der Waals surface area contributed by atoms with Gasteiger partial charge < -0.3 is 20.7 Å². The Bertz CT molecular complexity index is 676. The minimum atomic E-state index is -0.339. The van der Waals surface area contributed by atoms with Crippen molar-refractivity contribution in [3.8, 4) is 0 Å². The van der Waals surface area contributed by atoms with Gasteiger partial charge in [-0.2, -0.15) is 0 Å². The first-order valence-electron chi connectivity index (χ1n) is 11.4. The highest BCUT2D eigenvalue weighted by Gasteiger charge is 2.32. The van der Waals surface area contributed by atoms with Crippen LogP contribution in [0.1, 0.15) is 45.1 Å². The fraction of sp³-hybridized carbons (Fsp3) is 0.652. The Morgan fingerprint density at radius 3 is 2.48 bits per heavy atom. The minimum absolute atomic E-state index is 0. The molecular weight excluding hydrogens is 505 g/mol. The standard InChI is InChI=1S/C23H37N5O2.HI/c1-3-24-22(25-16-21(19-10-11-19)27-23(29)30-4-2)26-20-12-14-28(15-13-20)17-18-8-6-5-7-9-18;/h5-9,19-21H,3-4,10-17H2,1-2H3,(H,27,29)(H2,24,25,26);1H. The Kier molecular flexibility index (Phi) is 11.4. The largest absolute Gasteiger partial charge is 0.450 e. The minimum Gasteiger partial charge on any atom is -0.450 e. The topological polar surface area (TPSA) is 78.0 Å². The maximum Gasteiger partial charge on any atom is 0.407 e. The summed E-state index contributed by atoms with van der Waals surface area (Å²) in [6.07, 6.45) is 4.16. The molecule has 1 saturated heterocycles. The van der Waals surface area contributed by atoms with E-state index in [-0.39, 0.29) is 36.1 Å². The smallest absolute Gasteiger partial charge is 0.407 e. The molecule has 1 atom stereocenters. The Morgan fingerprint density at radius 2 is 1.87 bits per heavy atom. The maximum absolute atomic E-state index is 11.8. The third-order valence-corrected chi connectivity index (χ3v) is 5.74. The molecule has 0 bridgehead atoms. The number of guanidine groups is 1. The molecule has 2 aliphatic rings. The van der Waals surface area contributed by atoms with Crippen molar-refractivity contribution in [1.29, 1.82) is 0 Å². The Labute approximate surface area is 203 Å². The number of ether oxygens (including phenoxy) is 1. The second kappa shape index (κ2) is 13.8. The van der Waals surface area contributed by atoms with E-state index in [0.717, 1.165) is 57.8 Å². The number of rotatable bonds is 9. The molecule has 1 unspecified atom stereocenters. The second-order valence-electron chi connectivity index (χ2n) is 8.21. The van der Waals surface area contributed by atoms with Gasteiger partial charge in [0, 0.05) is 32.2 Å². The summed E-state index contributed by atoms with van der Waals surface area (Å²) >= 11 is 0. The van der Waals surface area contributed by atoms with Crippen molar-refractivity contribution in [2.75, 3.05) is 32.8 Å². The molecule has 7 nitrogen and oxygen atoms in total. The average molecular weight is 543 g/mol. The van der Waals surface area contributed by atoms with Gasteiger partial charge in [0.05, 0.1) is 19.2 Å². The maximum atomic E-state index is 11.8. The fourth-order valence-electron chi connectivity index (χ4n) is 3.92. The van der Waals surface area contributed by atoms with Crippen molar-refractivity contribution in [2.24, 2.45) is 10.9 Å². The highest BCUT2D eigenvalue weighted by molar-refractivity contribution is 14.0. The second-order valence-corrected chi connectivity index (χ2v) is 8.21. The van der Waals surface area contributed by atoms with E-state index < -0.39 is 0 Å². The molecule has 0 spiro atoms. The number of nitrogens with one attached hydrogen (secondary N) is 3. The highest BCUT2D eigenvalue weighted by Crippen LogP contribution is 2.32. The van der Waals surface area contributed by atoms with Gasteiger partial charge in [0.2, 0.25) is 0 Å². The van der Waals surface area contributed by atoms with E-state index in [9.17, 15) is 4.79 Å². The van der Waals surface area contributed by atoms with Crippen molar-refractivity contribution < 1.29 is 9.53 Å². The molecule has 1 amide bonds. The number of aliphatic imine (C=N–C) groups is 1. The van der Waals surface area contributed by atoms with Crippen molar-refractivity contribution in [2.45, 2.75) is 58.2 Å². The first-order chi connectivity index (χ1) is 14.7. The molecule has 3 rings (SSSR count). The van der Waals surface area contributed by atoms with Gasteiger partial charge in [-0.15, -0.1) is 24.0 Å². The number of nitrogens with zero attached hydrogens (tertiary/aromatic N) is 2. The van der Waals surface area contributed by atoms with Crippen LogP contribution in [0.3, 0.4) is 0 Å².